The summed E-state index contributed by atoms with van der Waals surface area (Å²) in [6, 6.07) is 15.9. The number of aryl methyl sites for hydroxylation is 2. The lowest BCUT2D eigenvalue weighted by molar-refractivity contribution is -0.115. The number of nitrogens with zero attached hydrogens (tertiary/aromatic N) is 3. The number of fused-ring (bicyclic) bond motifs is 1. The highest BCUT2D eigenvalue weighted by Crippen LogP contribution is 2.28. The number of hydrogen-bond acceptors (Lipinski definition) is 6. The normalized spacial score (nSPS) is 12.4. The molecule has 4 rings (SSSR count). The van der Waals surface area contributed by atoms with Gasteiger partial charge in [0.2, 0.25) is 11.0 Å². The Bertz CT molecular complexity index is 1040. The van der Waals surface area contributed by atoms with E-state index in [1.54, 1.807) is 23.9 Å². The quantitative estimate of drug-likeness (QED) is 0.486. The zero-order valence-corrected chi connectivity index (χ0v) is 16.8. The summed E-state index contributed by atoms with van der Waals surface area (Å²) in [4.78, 5) is 12.3. The summed E-state index contributed by atoms with van der Waals surface area (Å²) in [5, 5.41) is 20.4. The minimum atomic E-state index is -0.0715. The zero-order chi connectivity index (χ0) is 19.3. The van der Waals surface area contributed by atoms with Gasteiger partial charge in [-0.1, -0.05) is 53.4 Å². The van der Waals surface area contributed by atoms with Gasteiger partial charge >= 0.3 is 0 Å². The van der Waals surface area contributed by atoms with E-state index in [0.717, 1.165) is 34.1 Å². The van der Waals surface area contributed by atoms with Crippen molar-refractivity contribution in [1.82, 2.24) is 10.2 Å². The summed E-state index contributed by atoms with van der Waals surface area (Å²) >= 11 is 2.94. The Morgan fingerprint density at radius 1 is 1.11 bits per heavy atom. The molecule has 1 aliphatic rings. The largest absolute Gasteiger partial charge is 0.300 e. The summed E-state index contributed by atoms with van der Waals surface area (Å²) in [6.45, 7) is 0. The number of aromatic nitrogens is 2. The van der Waals surface area contributed by atoms with E-state index < -0.39 is 0 Å². The molecule has 140 valence electrons. The molecule has 1 heterocycles. The van der Waals surface area contributed by atoms with Gasteiger partial charge < -0.3 is 5.32 Å². The van der Waals surface area contributed by atoms with Gasteiger partial charge in [-0.3, -0.25) is 4.79 Å². The van der Waals surface area contributed by atoms with Crippen LogP contribution in [0.1, 0.15) is 34.2 Å². The Hall–Kier alpha value is -2.69. The fraction of sp³-hybridized carbons (Fsp3) is 0.238. The van der Waals surface area contributed by atoms with Crippen LogP contribution in [-0.2, 0) is 29.8 Å². The van der Waals surface area contributed by atoms with Crippen molar-refractivity contribution in [3.05, 3.63) is 70.3 Å². The molecule has 0 fully saturated rings. The van der Waals surface area contributed by atoms with Gasteiger partial charge in [0.15, 0.2) is 4.34 Å². The number of hydrogen-bond donors (Lipinski definition) is 1. The van der Waals surface area contributed by atoms with Gasteiger partial charge in [-0.25, -0.2) is 0 Å². The molecule has 0 atom stereocenters. The molecular formula is C21H18N4OS2. The van der Waals surface area contributed by atoms with Crippen molar-refractivity contribution < 1.29 is 4.79 Å². The molecule has 0 bridgehead atoms. The Morgan fingerprint density at radius 3 is 2.71 bits per heavy atom. The predicted octanol–water partition coefficient (Wildman–Crippen LogP) is 4.37. The number of thioether (sulfide) groups is 1. The minimum Gasteiger partial charge on any atom is -0.300 e. The number of anilines is 1. The van der Waals surface area contributed by atoms with E-state index >= 15 is 0 Å². The molecular weight excluding hydrogens is 388 g/mol. The molecule has 7 heteroatoms. The van der Waals surface area contributed by atoms with Crippen LogP contribution in [0.5, 0.6) is 0 Å². The highest BCUT2D eigenvalue weighted by Gasteiger charge is 2.13. The predicted molar refractivity (Wildman–Crippen MR) is 111 cm³/mol. The minimum absolute atomic E-state index is 0.0715. The van der Waals surface area contributed by atoms with Crippen LogP contribution in [0.4, 0.5) is 5.13 Å². The zero-order valence-electron chi connectivity index (χ0n) is 15.1. The first kappa shape index (κ1) is 18.7. The second-order valence-electron chi connectivity index (χ2n) is 6.65. The molecule has 0 saturated carbocycles. The van der Waals surface area contributed by atoms with Crippen molar-refractivity contribution in [2.75, 3.05) is 5.32 Å². The van der Waals surface area contributed by atoms with Crippen LogP contribution < -0.4 is 5.32 Å². The number of benzene rings is 2. The maximum atomic E-state index is 12.3. The van der Waals surface area contributed by atoms with Gasteiger partial charge in [0, 0.05) is 5.75 Å². The summed E-state index contributed by atoms with van der Waals surface area (Å²) in [7, 11) is 0. The van der Waals surface area contributed by atoms with Crippen LogP contribution in [0.3, 0.4) is 0 Å². The van der Waals surface area contributed by atoms with E-state index in [9.17, 15) is 4.79 Å². The van der Waals surface area contributed by atoms with E-state index in [1.807, 2.05) is 18.2 Å². The maximum absolute atomic E-state index is 12.3. The molecule has 2 aromatic carbocycles. The monoisotopic (exact) mass is 406 g/mol. The van der Waals surface area contributed by atoms with Gasteiger partial charge in [0.25, 0.3) is 0 Å². The third-order valence-corrected chi connectivity index (χ3v) is 6.67. The SMILES string of the molecule is N#Cc1ccc(CSc2nnc(NC(=O)Cc3ccc4c(c3)CCC4)s2)cc1. The Balaban J connectivity index is 1.30. The molecule has 0 aliphatic heterocycles. The Labute approximate surface area is 171 Å². The summed E-state index contributed by atoms with van der Waals surface area (Å²) in [6.07, 6.45) is 3.82. The highest BCUT2D eigenvalue weighted by atomic mass is 32.2. The van der Waals surface area contributed by atoms with Crippen molar-refractivity contribution in [2.45, 2.75) is 35.8 Å². The lowest BCUT2D eigenvalue weighted by Crippen LogP contribution is -2.14. The number of nitrogens with one attached hydrogen (secondary N) is 1. The van der Waals surface area contributed by atoms with Crippen molar-refractivity contribution >= 4 is 34.1 Å². The average Bonchev–Trinajstić information content (AvgIpc) is 3.35. The van der Waals surface area contributed by atoms with Crippen molar-refractivity contribution in [1.29, 1.82) is 5.26 Å². The van der Waals surface area contributed by atoms with E-state index in [4.69, 9.17) is 5.26 Å². The summed E-state index contributed by atoms with van der Waals surface area (Å²) < 4.78 is 0.803. The van der Waals surface area contributed by atoms with Crippen LogP contribution >= 0.6 is 23.1 Å². The number of carbonyl (C=O) groups excluding carboxylic acids is 1. The third kappa shape index (κ3) is 4.58. The molecule has 1 amide bonds. The van der Waals surface area contributed by atoms with Crippen LogP contribution in [0.25, 0.3) is 0 Å². The Morgan fingerprint density at radius 2 is 1.89 bits per heavy atom. The van der Waals surface area contributed by atoms with Crippen LogP contribution in [0.2, 0.25) is 0 Å². The molecule has 0 spiro atoms. The lowest BCUT2D eigenvalue weighted by Gasteiger charge is -2.04. The molecule has 1 N–H and O–H groups in total. The standard InChI is InChI=1S/C21H18N4OS2/c22-12-14-4-6-15(7-5-14)13-27-21-25-24-20(28-21)23-19(26)11-16-8-9-17-2-1-3-18(17)10-16/h4-10H,1-3,11,13H2,(H,23,24,26). The Kier molecular flexibility index (Phi) is 5.70. The molecule has 0 radical (unpaired) electrons. The molecule has 5 nitrogen and oxygen atoms in total. The molecule has 3 aromatic rings. The third-order valence-electron chi connectivity index (χ3n) is 4.63. The number of carbonyl (C=O) groups is 1. The fourth-order valence-electron chi connectivity index (χ4n) is 3.22. The number of nitriles is 1. The molecule has 28 heavy (non-hydrogen) atoms. The van der Waals surface area contributed by atoms with Crippen molar-refractivity contribution in [3.8, 4) is 6.07 Å². The van der Waals surface area contributed by atoms with E-state index in [-0.39, 0.29) is 5.91 Å². The first-order valence-electron chi connectivity index (χ1n) is 9.05. The second kappa shape index (κ2) is 8.55. The topological polar surface area (TPSA) is 78.7 Å². The van der Waals surface area contributed by atoms with Gasteiger partial charge in [0.1, 0.15) is 0 Å². The fourth-order valence-corrected chi connectivity index (χ4v) is 4.95. The number of rotatable bonds is 6. The molecule has 0 saturated heterocycles. The van der Waals surface area contributed by atoms with Crippen LogP contribution in [0, 0.1) is 11.3 Å². The average molecular weight is 407 g/mol. The van der Waals surface area contributed by atoms with Crippen LogP contribution in [0.15, 0.2) is 46.8 Å². The van der Waals surface area contributed by atoms with E-state index in [2.05, 4.69) is 33.7 Å². The second-order valence-corrected chi connectivity index (χ2v) is 8.85. The summed E-state index contributed by atoms with van der Waals surface area (Å²) in [5.74, 6) is 0.668. The smallest absolute Gasteiger partial charge is 0.230 e. The highest BCUT2D eigenvalue weighted by molar-refractivity contribution is 8.00. The van der Waals surface area contributed by atoms with E-state index in [0.29, 0.717) is 17.1 Å². The summed E-state index contributed by atoms with van der Waals surface area (Å²) in [5.41, 5.74) is 5.59. The van der Waals surface area contributed by atoms with Crippen molar-refractivity contribution in [2.24, 2.45) is 0 Å². The van der Waals surface area contributed by atoms with Gasteiger partial charge in [0.05, 0.1) is 18.1 Å². The van der Waals surface area contributed by atoms with Crippen molar-refractivity contribution in [3.63, 3.8) is 0 Å². The van der Waals surface area contributed by atoms with Gasteiger partial charge in [-0.05, 0) is 53.6 Å². The first-order valence-corrected chi connectivity index (χ1v) is 10.9. The van der Waals surface area contributed by atoms with Crippen LogP contribution in [-0.4, -0.2) is 16.1 Å². The number of amides is 1. The molecule has 1 aromatic heterocycles. The lowest BCUT2D eigenvalue weighted by atomic mass is 10.0. The molecule has 0 unspecified atom stereocenters. The van der Waals surface area contributed by atoms with E-state index in [1.165, 1.54) is 28.9 Å². The first-order chi connectivity index (χ1) is 13.7. The van der Waals surface area contributed by atoms with Gasteiger partial charge in [-0.2, -0.15) is 5.26 Å². The molecule has 1 aliphatic carbocycles. The van der Waals surface area contributed by atoms with Gasteiger partial charge in [-0.15, -0.1) is 10.2 Å². The maximum Gasteiger partial charge on any atom is 0.230 e.